The third-order valence-corrected chi connectivity index (χ3v) is 9.40. The first-order chi connectivity index (χ1) is 23.5. The summed E-state index contributed by atoms with van der Waals surface area (Å²) in [6, 6.07) is 8.29. The molecule has 2 atom stereocenters. The molecule has 4 heterocycles. The highest BCUT2D eigenvalue weighted by Crippen LogP contribution is 2.36. The van der Waals surface area contributed by atoms with Crippen molar-refractivity contribution in [2.75, 3.05) is 37.9 Å². The number of hydrogen-bond donors (Lipinski definition) is 3. The number of aromatic nitrogens is 4. The van der Waals surface area contributed by atoms with Crippen LogP contribution in [0, 0.1) is 0 Å². The average Bonchev–Trinajstić information content (AvgIpc) is 3.75. The summed E-state index contributed by atoms with van der Waals surface area (Å²) in [6.07, 6.45) is 10.0. The third-order valence-electron chi connectivity index (χ3n) is 9.40. The van der Waals surface area contributed by atoms with Crippen LogP contribution >= 0.6 is 0 Å². The highest BCUT2D eigenvalue weighted by Gasteiger charge is 2.29. The topological polar surface area (TPSA) is 136 Å². The van der Waals surface area contributed by atoms with E-state index in [2.05, 4.69) is 29.8 Å². The molecule has 4 aromatic rings. The van der Waals surface area contributed by atoms with E-state index < -0.39 is 5.60 Å². The van der Waals surface area contributed by atoms with E-state index in [4.69, 9.17) is 29.3 Å². The number of aliphatic hydroxyl groups is 1. The number of aliphatic hydroxyl groups excluding tert-OH is 1. The van der Waals surface area contributed by atoms with Gasteiger partial charge in [-0.15, -0.1) is 0 Å². The molecule has 12 heteroatoms. The zero-order valence-electron chi connectivity index (χ0n) is 29.5. The Balaban J connectivity index is 1.30. The van der Waals surface area contributed by atoms with E-state index >= 15 is 0 Å². The molecule has 0 radical (unpaired) electrons. The summed E-state index contributed by atoms with van der Waals surface area (Å²) in [5, 5.41) is 23.1. The van der Waals surface area contributed by atoms with Gasteiger partial charge in [-0.3, -0.25) is 4.68 Å². The number of piperidine rings is 1. The summed E-state index contributed by atoms with van der Waals surface area (Å²) in [5.74, 6) is 3.03. The molecule has 1 aliphatic carbocycles. The lowest BCUT2D eigenvalue weighted by Crippen LogP contribution is -2.42. The molecule has 1 amide bonds. The molecular weight excluding hydrogens is 622 g/mol. The second-order valence-corrected chi connectivity index (χ2v) is 14.0. The molecule has 49 heavy (non-hydrogen) atoms. The Labute approximate surface area is 288 Å². The molecule has 2 aliphatic rings. The van der Waals surface area contributed by atoms with E-state index in [-0.39, 0.29) is 24.3 Å². The number of hydrogen-bond acceptors (Lipinski definition) is 10. The van der Waals surface area contributed by atoms with Gasteiger partial charge in [-0.05, 0) is 83.1 Å². The summed E-state index contributed by atoms with van der Waals surface area (Å²) >= 11 is 0. The van der Waals surface area contributed by atoms with Crippen LogP contribution < -0.4 is 20.1 Å². The second kappa shape index (κ2) is 14.5. The van der Waals surface area contributed by atoms with Gasteiger partial charge in [0, 0.05) is 66.2 Å². The smallest absolute Gasteiger partial charge is 0.410 e. The Morgan fingerprint density at radius 1 is 1.02 bits per heavy atom. The second-order valence-electron chi connectivity index (χ2n) is 14.0. The first-order valence-corrected chi connectivity index (χ1v) is 17.3. The number of fused-ring (bicyclic) bond motifs is 1. The van der Waals surface area contributed by atoms with E-state index in [1.807, 2.05) is 56.0 Å². The number of benzene rings is 1. The van der Waals surface area contributed by atoms with E-state index in [1.165, 1.54) is 0 Å². The zero-order chi connectivity index (χ0) is 34.7. The van der Waals surface area contributed by atoms with Gasteiger partial charge in [0.15, 0.2) is 0 Å². The number of methoxy groups -OCH3 is 2. The minimum absolute atomic E-state index is 0.165. The van der Waals surface area contributed by atoms with Crippen LogP contribution in [0.5, 0.6) is 11.5 Å². The van der Waals surface area contributed by atoms with Gasteiger partial charge >= 0.3 is 6.09 Å². The van der Waals surface area contributed by atoms with Crippen molar-refractivity contribution in [3.8, 4) is 22.6 Å². The van der Waals surface area contributed by atoms with Crippen molar-refractivity contribution in [1.29, 1.82) is 0 Å². The van der Waals surface area contributed by atoms with Crippen molar-refractivity contribution in [3.63, 3.8) is 0 Å². The monoisotopic (exact) mass is 671 g/mol. The van der Waals surface area contributed by atoms with Gasteiger partial charge in [0.05, 0.1) is 38.1 Å². The van der Waals surface area contributed by atoms with Crippen LogP contribution in [-0.2, 0) is 17.7 Å². The SMILES string of the molecule is CCc1cc2c(NCc3ccc(OC)cc3OC)ncc(-c3cnn(C4CCN(C(=O)OC(C)(C)C)CC4)c3)c2nc1N[C@@H]1CC[C@H](O)C1. The van der Waals surface area contributed by atoms with Gasteiger partial charge in [-0.1, -0.05) is 6.92 Å². The fourth-order valence-electron chi connectivity index (χ4n) is 6.72. The first kappa shape index (κ1) is 34.3. The maximum atomic E-state index is 12.6. The van der Waals surface area contributed by atoms with Gasteiger partial charge in [-0.25, -0.2) is 14.8 Å². The standard InChI is InChI=1S/C37H49N7O5/c1-7-23-16-30-33(42-34(23)41-26-9-10-28(45)17-26)31(21-39-35(30)38-19-24-8-11-29(47-5)18-32(24)48-6)25-20-40-44(22-25)27-12-14-43(15-13-27)36(46)49-37(2,3)4/h8,11,16,18,20-22,26-28,45H,7,9-10,12-15,17,19H2,1-6H3,(H,38,39)(H,41,42)/t26-,28+/m1/s1. The Kier molecular flexibility index (Phi) is 10.1. The van der Waals surface area contributed by atoms with Gasteiger partial charge in [0.1, 0.15) is 28.7 Å². The predicted molar refractivity (Wildman–Crippen MR) is 190 cm³/mol. The number of pyridine rings is 2. The highest BCUT2D eigenvalue weighted by molar-refractivity contribution is 6.00. The van der Waals surface area contributed by atoms with E-state index in [0.717, 1.165) is 88.4 Å². The van der Waals surface area contributed by atoms with Crippen molar-refractivity contribution < 1.29 is 24.1 Å². The van der Waals surface area contributed by atoms with Crippen LogP contribution in [0.2, 0.25) is 0 Å². The lowest BCUT2D eigenvalue weighted by atomic mass is 10.0. The fraction of sp³-hybridized carbons (Fsp3) is 0.514. The van der Waals surface area contributed by atoms with Crippen LogP contribution in [0.4, 0.5) is 16.4 Å². The average molecular weight is 672 g/mol. The minimum Gasteiger partial charge on any atom is -0.497 e. The molecule has 262 valence electrons. The summed E-state index contributed by atoms with van der Waals surface area (Å²) in [4.78, 5) is 24.6. The lowest BCUT2D eigenvalue weighted by molar-refractivity contribution is 0.0184. The fourth-order valence-corrected chi connectivity index (χ4v) is 6.72. The van der Waals surface area contributed by atoms with Crippen molar-refractivity contribution in [1.82, 2.24) is 24.6 Å². The number of ether oxygens (including phenoxy) is 3. The highest BCUT2D eigenvalue weighted by atomic mass is 16.6. The van der Waals surface area contributed by atoms with Crippen LogP contribution in [0.15, 0.2) is 42.9 Å². The molecule has 1 saturated heterocycles. The summed E-state index contributed by atoms with van der Waals surface area (Å²) < 4.78 is 18.6. The molecule has 3 N–H and O–H groups in total. The number of carbonyl (C=O) groups is 1. The number of carbonyl (C=O) groups excluding carboxylic acids is 1. The molecule has 6 rings (SSSR count). The summed E-state index contributed by atoms with van der Waals surface area (Å²) in [6.45, 7) is 9.52. The normalized spacial score (nSPS) is 18.5. The predicted octanol–water partition coefficient (Wildman–Crippen LogP) is 6.58. The number of aryl methyl sites for hydroxylation is 1. The minimum atomic E-state index is -0.519. The lowest BCUT2D eigenvalue weighted by Gasteiger charge is -2.33. The molecule has 3 aromatic heterocycles. The largest absolute Gasteiger partial charge is 0.497 e. The molecule has 1 aliphatic heterocycles. The molecule has 1 saturated carbocycles. The van der Waals surface area contributed by atoms with E-state index in [0.29, 0.717) is 26.1 Å². The first-order valence-electron chi connectivity index (χ1n) is 17.3. The molecule has 2 fully saturated rings. The van der Waals surface area contributed by atoms with Crippen molar-refractivity contribution in [2.24, 2.45) is 0 Å². The number of nitrogens with one attached hydrogen (secondary N) is 2. The maximum absolute atomic E-state index is 12.6. The van der Waals surface area contributed by atoms with E-state index in [9.17, 15) is 9.90 Å². The van der Waals surface area contributed by atoms with Gasteiger partial charge < -0.3 is 34.9 Å². The summed E-state index contributed by atoms with van der Waals surface area (Å²) in [7, 11) is 3.29. The van der Waals surface area contributed by atoms with Gasteiger partial charge in [0.2, 0.25) is 0 Å². The van der Waals surface area contributed by atoms with Crippen LogP contribution in [0.25, 0.3) is 22.0 Å². The van der Waals surface area contributed by atoms with Crippen LogP contribution in [-0.4, -0.2) is 80.9 Å². The van der Waals surface area contributed by atoms with Crippen molar-refractivity contribution >= 4 is 28.6 Å². The zero-order valence-corrected chi connectivity index (χ0v) is 29.5. The molecule has 1 aromatic carbocycles. The molecule has 0 spiro atoms. The summed E-state index contributed by atoms with van der Waals surface area (Å²) in [5.41, 5.74) is 4.17. The van der Waals surface area contributed by atoms with Crippen molar-refractivity contribution in [3.05, 3.63) is 54.0 Å². The number of nitrogens with zero attached hydrogens (tertiary/aromatic N) is 5. The molecule has 12 nitrogen and oxygen atoms in total. The van der Waals surface area contributed by atoms with Crippen molar-refractivity contribution in [2.45, 2.75) is 96.6 Å². The Hall–Kier alpha value is -4.58. The van der Waals surface area contributed by atoms with Gasteiger partial charge in [-0.2, -0.15) is 5.10 Å². The molecular formula is C37H49N7O5. The Bertz CT molecular complexity index is 1780. The number of anilines is 2. The maximum Gasteiger partial charge on any atom is 0.410 e. The van der Waals surface area contributed by atoms with Crippen LogP contribution in [0.3, 0.4) is 0 Å². The molecule has 0 unspecified atom stereocenters. The van der Waals surface area contributed by atoms with Gasteiger partial charge in [0.25, 0.3) is 0 Å². The third kappa shape index (κ3) is 7.85. The Morgan fingerprint density at radius 2 is 1.82 bits per heavy atom. The van der Waals surface area contributed by atoms with Crippen LogP contribution in [0.1, 0.15) is 77.0 Å². The number of rotatable bonds is 10. The number of amides is 1. The molecule has 0 bridgehead atoms. The number of likely N-dealkylation sites (tertiary alicyclic amines) is 1. The quantitative estimate of drug-likeness (QED) is 0.170. The Morgan fingerprint density at radius 3 is 2.49 bits per heavy atom. The van der Waals surface area contributed by atoms with E-state index in [1.54, 1.807) is 19.1 Å².